The van der Waals surface area contributed by atoms with E-state index in [4.69, 9.17) is 0 Å². The molecular formula is C16H18N2O3. The second-order valence-electron chi connectivity index (χ2n) is 5.78. The van der Waals surface area contributed by atoms with E-state index in [9.17, 15) is 9.59 Å². The number of carbonyl (C=O) groups excluding carboxylic acids is 1. The highest BCUT2D eigenvalue weighted by Crippen LogP contribution is 2.30. The molecule has 0 aliphatic carbocycles. The first-order valence-electron chi connectivity index (χ1n) is 6.61. The first-order chi connectivity index (χ1) is 9.84. The molecule has 5 heteroatoms. The Morgan fingerprint density at radius 3 is 2.38 bits per heavy atom. The van der Waals surface area contributed by atoms with E-state index in [1.165, 1.54) is 7.11 Å². The summed E-state index contributed by atoms with van der Waals surface area (Å²) < 4.78 is 4.66. The molecular weight excluding hydrogens is 268 g/mol. The Hall–Kier alpha value is -2.43. The number of hydrogen-bond acceptors (Lipinski definition) is 4. The van der Waals surface area contributed by atoms with Crippen molar-refractivity contribution >= 4 is 5.97 Å². The van der Waals surface area contributed by atoms with Crippen molar-refractivity contribution in [1.29, 1.82) is 0 Å². The maximum Gasteiger partial charge on any atom is 0.343 e. The molecule has 5 nitrogen and oxygen atoms in total. The fourth-order valence-electron chi connectivity index (χ4n) is 2.14. The van der Waals surface area contributed by atoms with E-state index in [0.29, 0.717) is 0 Å². The lowest BCUT2D eigenvalue weighted by Gasteiger charge is -2.23. The molecule has 1 N–H and O–H groups in total. The van der Waals surface area contributed by atoms with Crippen molar-refractivity contribution in [2.45, 2.75) is 26.2 Å². The van der Waals surface area contributed by atoms with Gasteiger partial charge < -0.3 is 9.72 Å². The highest BCUT2D eigenvalue weighted by atomic mass is 16.5. The summed E-state index contributed by atoms with van der Waals surface area (Å²) in [6, 6.07) is 5.26. The van der Waals surface area contributed by atoms with E-state index in [1.807, 2.05) is 32.9 Å². The number of methoxy groups -OCH3 is 1. The van der Waals surface area contributed by atoms with Crippen LogP contribution in [0.1, 0.15) is 36.8 Å². The number of aromatic amines is 1. The highest BCUT2D eigenvalue weighted by Gasteiger charge is 2.23. The highest BCUT2D eigenvalue weighted by molar-refractivity contribution is 5.90. The molecule has 0 aliphatic heterocycles. The minimum atomic E-state index is -0.646. The first-order valence-corrected chi connectivity index (χ1v) is 6.61. The summed E-state index contributed by atoms with van der Waals surface area (Å²) >= 11 is 0. The van der Waals surface area contributed by atoms with Gasteiger partial charge in [0, 0.05) is 29.1 Å². The normalized spacial score (nSPS) is 11.2. The van der Waals surface area contributed by atoms with Gasteiger partial charge in [0.15, 0.2) is 0 Å². The number of esters is 1. The number of hydrogen-bond donors (Lipinski definition) is 1. The average Bonchev–Trinajstić information content (AvgIpc) is 2.46. The summed E-state index contributed by atoms with van der Waals surface area (Å²) in [5, 5.41) is 0. The Kier molecular flexibility index (Phi) is 3.93. The molecule has 0 radical (unpaired) electrons. The number of rotatable bonds is 2. The molecule has 2 aromatic rings. The summed E-state index contributed by atoms with van der Waals surface area (Å²) in [6.07, 6.45) is 3.34. The van der Waals surface area contributed by atoms with E-state index < -0.39 is 11.5 Å². The third kappa shape index (κ3) is 3.02. The Morgan fingerprint density at radius 1 is 1.24 bits per heavy atom. The molecule has 0 aliphatic rings. The molecule has 2 heterocycles. The van der Waals surface area contributed by atoms with Crippen LogP contribution in [0.5, 0.6) is 0 Å². The van der Waals surface area contributed by atoms with Crippen LogP contribution in [0.25, 0.3) is 11.1 Å². The zero-order valence-electron chi connectivity index (χ0n) is 12.6. The van der Waals surface area contributed by atoms with Crippen LogP contribution in [0, 0.1) is 0 Å². The maximum absolute atomic E-state index is 12.1. The van der Waals surface area contributed by atoms with Crippen LogP contribution in [-0.2, 0) is 10.2 Å². The molecule has 0 amide bonds. The van der Waals surface area contributed by atoms with E-state index in [1.54, 1.807) is 18.5 Å². The fraction of sp³-hybridized carbons (Fsp3) is 0.312. The fourth-order valence-corrected chi connectivity index (χ4v) is 2.14. The van der Waals surface area contributed by atoms with Crippen LogP contribution >= 0.6 is 0 Å². The molecule has 21 heavy (non-hydrogen) atoms. The third-order valence-corrected chi connectivity index (χ3v) is 3.19. The monoisotopic (exact) mass is 286 g/mol. The van der Waals surface area contributed by atoms with Crippen molar-refractivity contribution in [2.75, 3.05) is 7.11 Å². The van der Waals surface area contributed by atoms with Crippen molar-refractivity contribution in [3.63, 3.8) is 0 Å². The molecule has 0 saturated heterocycles. The Labute approximate surface area is 123 Å². The van der Waals surface area contributed by atoms with Gasteiger partial charge in [0.05, 0.1) is 7.11 Å². The molecule has 2 rings (SSSR count). The topological polar surface area (TPSA) is 72.0 Å². The predicted octanol–water partition coefficient (Wildman–Crippen LogP) is 2.52. The van der Waals surface area contributed by atoms with Crippen LogP contribution in [0.2, 0.25) is 0 Å². The molecule has 110 valence electrons. The van der Waals surface area contributed by atoms with Crippen molar-refractivity contribution < 1.29 is 9.53 Å². The predicted molar refractivity (Wildman–Crippen MR) is 80.3 cm³/mol. The van der Waals surface area contributed by atoms with Gasteiger partial charge in [-0.25, -0.2) is 4.79 Å². The van der Waals surface area contributed by atoms with E-state index in [0.717, 1.165) is 16.8 Å². The molecule has 0 spiro atoms. The molecule has 0 saturated carbocycles. The lowest BCUT2D eigenvalue weighted by molar-refractivity contribution is 0.0598. The van der Waals surface area contributed by atoms with Gasteiger partial charge in [-0.15, -0.1) is 0 Å². The van der Waals surface area contributed by atoms with E-state index >= 15 is 0 Å². The SMILES string of the molecule is COC(=O)c1cc(-c2ccncc2)c(C(C)(C)C)[nH]c1=O. The lowest BCUT2D eigenvalue weighted by Crippen LogP contribution is -2.25. The zero-order chi connectivity index (χ0) is 15.6. The second kappa shape index (κ2) is 5.52. The van der Waals surface area contributed by atoms with Gasteiger partial charge in [-0.3, -0.25) is 9.78 Å². The van der Waals surface area contributed by atoms with Gasteiger partial charge in [0.1, 0.15) is 5.56 Å². The summed E-state index contributed by atoms with van der Waals surface area (Å²) in [6.45, 7) is 6.00. The number of pyridine rings is 2. The molecule has 0 aromatic carbocycles. The first kappa shape index (κ1) is 15.0. The van der Waals surface area contributed by atoms with Gasteiger partial charge in [0.2, 0.25) is 0 Å². The van der Waals surface area contributed by atoms with Crippen LogP contribution in [0.15, 0.2) is 35.4 Å². The lowest BCUT2D eigenvalue weighted by atomic mass is 9.86. The second-order valence-corrected chi connectivity index (χ2v) is 5.78. The minimum absolute atomic E-state index is 0.00249. The summed E-state index contributed by atoms with van der Waals surface area (Å²) in [7, 11) is 1.26. The number of ether oxygens (including phenoxy) is 1. The molecule has 2 aromatic heterocycles. The van der Waals surface area contributed by atoms with Gasteiger partial charge in [-0.1, -0.05) is 20.8 Å². The van der Waals surface area contributed by atoms with Gasteiger partial charge in [0.25, 0.3) is 5.56 Å². The van der Waals surface area contributed by atoms with Crippen molar-refractivity contribution in [1.82, 2.24) is 9.97 Å². The summed E-state index contributed by atoms with van der Waals surface area (Å²) in [5.41, 5.74) is 1.74. The zero-order valence-corrected chi connectivity index (χ0v) is 12.6. The van der Waals surface area contributed by atoms with E-state index in [-0.39, 0.29) is 11.0 Å². The molecule has 0 fully saturated rings. The van der Waals surface area contributed by atoms with Gasteiger partial charge in [-0.05, 0) is 23.8 Å². The van der Waals surface area contributed by atoms with Crippen LogP contribution in [0.4, 0.5) is 0 Å². The Balaban J connectivity index is 2.76. The van der Waals surface area contributed by atoms with Crippen LogP contribution in [-0.4, -0.2) is 23.0 Å². The minimum Gasteiger partial charge on any atom is -0.465 e. The third-order valence-electron chi connectivity index (χ3n) is 3.19. The molecule has 0 atom stereocenters. The van der Waals surface area contributed by atoms with Crippen molar-refractivity contribution in [3.05, 3.63) is 52.2 Å². The number of carbonyl (C=O) groups is 1. The van der Waals surface area contributed by atoms with E-state index in [2.05, 4.69) is 14.7 Å². The average molecular weight is 286 g/mol. The number of nitrogens with one attached hydrogen (secondary N) is 1. The Morgan fingerprint density at radius 2 is 1.86 bits per heavy atom. The largest absolute Gasteiger partial charge is 0.465 e. The summed E-state index contributed by atoms with van der Waals surface area (Å²) in [5.74, 6) is -0.646. The van der Waals surface area contributed by atoms with Crippen LogP contribution < -0.4 is 5.56 Å². The Bertz CT molecular complexity index is 713. The quantitative estimate of drug-likeness (QED) is 0.861. The smallest absolute Gasteiger partial charge is 0.343 e. The number of aromatic nitrogens is 2. The maximum atomic E-state index is 12.1. The number of nitrogens with zero attached hydrogens (tertiary/aromatic N) is 1. The standard InChI is InChI=1S/C16H18N2O3/c1-16(2,3)13-11(10-5-7-17-8-6-10)9-12(14(19)18-13)15(20)21-4/h5-9H,1-4H3,(H,18,19). The van der Waals surface area contributed by atoms with Crippen molar-refractivity contribution in [3.8, 4) is 11.1 Å². The van der Waals surface area contributed by atoms with Gasteiger partial charge in [-0.2, -0.15) is 0 Å². The summed E-state index contributed by atoms with van der Waals surface area (Å²) in [4.78, 5) is 30.6. The van der Waals surface area contributed by atoms with Crippen LogP contribution in [0.3, 0.4) is 0 Å². The molecule has 0 unspecified atom stereocenters. The number of H-pyrrole nitrogens is 1. The van der Waals surface area contributed by atoms with Gasteiger partial charge >= 0.3 is 5.97 Å². The molecule has 0 bridgehead atoms. The van der Waals surface area contributed by atoms with Crippen molar-refractivity contribution in [2.24, 2.45) is 0 Å².